The molecular weight excluding hydrogens is 291 g/mol. The molecule has 2 nitrogen and oxygen atoms in total. The number of hydrogen-bond donors (Lipinski definition) is 0. The summed E-state index contributed by atoms with van der Waals surface area (Å²) < 4.78 is 37.2. The fourth-order valence-electron chi connectivity index (χ4n) is 1.64. The number of Topliss-reactive ketones (excluding diaryl/α,β-unsaturated/α-hetero) is 1. The largest absolute Gasteiger partial charge is 0.416 e. The molecule has 20 heavy (non-hydrogen) atoms. The van der Waals surface area contributed by atoms with E-state index in [4.69, 9.17) is 11.6 Å². The second-order valence-electron chi connectivity index (χ2n) is 4.16. The molecule has 0 radical (unpaired) electrons. The molecule has 104 valence electrons. The van der Waals surface area contributed by atoms with Crippen LogP contribution < -0.4 is 0 Å². The molecule has 0 spiro atoms. The summed E-state index contributed by atoms with van der Waals surface area (Å²) in [4.78, 5) is 15.7. The zero-order valence-corrected chi connectivity index (χ0v) is 10.9. The van der Waals surface area contributed by atoms with Gasteiger partial charge >= 0.3 is 6.18 Å². The Morgan fingerprint density at radius 1 is 1.10 bits per heavy atom. The van der Waals surface area contributed by atoms with E-state index >= 15 is 0 Å². The summed E-state index contributed by atoms with van der Waals surface area (Å²) in [6.07, 6.45) is -3.02. The number of halogens is 4. The van der Waals surface area contributed by atoms with Gasteiger partial charge in [0.2, 0.25) is 0 Å². The second kappa shape index (κ2) is 5.63. The molecule has 1 aromatic carbocycles. The summed E-state index contributed by atoms with van der Waals surface area (Å²) in [5.41, 5.74) is 0.147. The Labute approximate surface area is 118 Å². The van der Waals surface area contributed by atoms with Gasteiger partial charge < -0.3 is 0 Å². The maximum Gasteiger partial charge on any atom is 0.416 e. The van der Waals surface area contributed by atoms with Gasteiger partial charge in [-0.1, -0.05) is 23.7 Å². The van der Waals surface area contributed by atoms with E-state index in [0.29, 0.717) is 11.1 Å². The molecule has 0 fully saturated rings. The Bertz CT molecular complexity index is 606. The van der Waals surface area contributed by atoms with E-state index in [9.17, 15) is 18.0 Å². The number of pyridine rings is 1. The highest BCUT2D eigenvalue weighted by Crippen LogP contribution is 2.29. The van der Waals surface area contributed by atoms with Crippen LogP contribution in [0.1, 0.15) is 21.5 Å². The van der Waals surface area contributed by atoms with Gasteiger partial charge in [0.05, 0.1) is 5.56 Å². The minimum atomic E-state index is -4.37. The molecular formula is C14H9ClF3NO. The minimum Gasteiger partial charge on any atom is -0.294 e. The number of carbonyl (C=O) groups is 1. The molecule has 0 aliphatic rings. The lowest BCUT2D eigenvalue weighted by Gasteiger charge is -2.07. The smallest absolute Gasteiger partial charge is 0.294 e. The van der Waals surface area contributed by atoms with Gasteiger partial charge in [0.15, 0.2) is 5.78 Å². The van der Waals surface area contributed by atoms with Gasteiger partial charge in [0.25, 0.3) is 0 Å². The van der Waals surface area contributed by atoms with E-state index in [1.807, 2.05) is 0 Å². The van der Waals surface area contributed by atoms with Crippen LogP contribution in [0.5, 0.6) is 0 Å². The fraction of sp³-hybridized carbons (Fsp3) is 0.143. The number of benzene rings is 1. The standard InChI is InChI=1S/C14H9ClF3NO/c15-13-6-3-10(8-19-13)12(20)7-9-1-4-11(5-2-9)14(16,17)18/h1-6,8H,7H2. The number of ketones is 1. The van der Waals surface area contributed by atoms with Crippen molar-refractivity contribution in [1.29, 1.82) is 0 Å². The van der Waals surface area contributed by atoms with Crippen molar-refractivity contribution >= 4 is 17.4 Å². The third kappa shape index (κ3) is 3.57. The summed E-state index contributed by atoms with van der Waals surface area (Å²) in [6, 6.07) is 7.53. The molecule has 0 unspecified atom stereocenters. The lowest BCUT2D eigenvalue weighted by atomic mass is 10.0. The average Bonchev–Trinajstić information content (AvgIpc) is 2.39. The Morgan fingerprint density at radius 2 is 1.75 bits per heavy atom. The highest BCUT2D eigenvalue weighted by molar-refractivity contribution is 6.29. The van der Waals surface area contributed by atoms with Gasteiger partial charge in [-0.3, -0.25) is 4.79 Å². The SMILES string of the molecule is O=C(Cc1ccc(C(F)(F)F)cc1)c1ccc(Cl)nc1. The Kier molecular flexibility index (Phi) is 4.09. The van der Waals surface area contributed by atoms with Crippen LogP contribution in [0.3, 0.4) is 0 Å². The van der Waals surface area contributed by atoms with Crippen LogP contribution >= 0.6 is 11.6 Å². The lowest BCUT2D eigenvalue weighted by molar-refractivity contribution is -0.137. The van der Waals surface area contributed by atoms with Gasteiger partial charge in [-0.25, -0.2) is 4.98 Å². The normalized spacial score (nSPS) is 11.4. The van der Waals surface area contributed by atoms with E-state index in [1.165, 1.54) is 30.5 Å². The maximum absolute atomic E-state index is 12.4. The van der Waals surface area contributed by atoms with Gasteiger partial charge in [-0.05, 0) is 29.8 Å². The predicted molar refractivity (Wildman–Crippen MR) is 68.7 cm³/mol. The van der Waals surface area contributed by atoms with Crippen molar-refractivity contribution in [3.63, 3.8) is 0 Å². The average molecular weight is 300 g/mol. The number of nitrogens with zero attached hydrogens (tertiary/aromatic N) is 1. The van der Waals surface area contributed by atoms with E-state index in [-0.39, 0.29) is 17.4 Å². The molecule has 1 aromatic heterocycles. The van der Waals surface area contributed by atoms with Crippen LogP contribution in [0.4, 0.5) is 13.2 Å². The Morgan fingerprint density at radius 3 is 2.25 bits per heavy atom. The molecule has 0 amide bonds. The molecule has 0 aliphatic heterocycles. The summed E-state index contributed by atoms with van der Waals surface area (Å²) in [6.45, 7) is 0. The number of aromatic nitrogens is 1. The molecule has 0 atom stereocenters. The first-order chi connectivity index (χ1) is 9.36. The molecule has 2 rings (SSSR count). The third-order valence-electron chi connectivity index (χ3n) is 2.70. The predicted octanol–water partition coefficient (Wildman–Crippen LogP) is 4.18. The number of rotatable bonds is 3. The quantitative estimate of drug-likeness (QED) is 0.628. The summed E-state index contributed by atoms with van der Waals surface area (Å²) in [7, 11) is 0. The molecule has 0 saturated heterocycles. The van der Waals surface area contributed by atoms with E-state index in [0.717, 1.165) is 12.1 Å². The summed E-state index contributed by atoms with van der Waals surface area (Å²) in [5, 5.41) is 0.274. The minimum absolute atomic E-state index is 0.0153. The second-order valence-corrected chi connectivity index (χ2v) is 4.55. The van der Waals surface area contributed by atoms with Crippen molar-refractivity contribution in [3.05, 3.63) is 64.4 Å². The topological polar surface area (TPSA) is 30.0 Å². The first kappa shape index (κ1) is 14.5. The molecule has 2 aromatic rings. The molecule has 0 bridgehead atoms. The van der Waals surface area contributed by atoms with Crippen molar-refractivity contribution in [2.45, 2.75) is 12.6 Å². The van der Waals surface area contributed by atoms with Crippen LogP contribution in [-0.2, 0) is 12.6 Å². The highest BCUT2D eigenvalue weighted by Gasteiger charge is 2.29. The third-order valence-corrected chi connectivity index (χ3v) is 2.92. The zero-order valence-electron chi connectivity index (χ0n) is 10.1. The number of alkyl halides is 3. The van der Waals surface area contributed by atoms with Gasteiger partial charge in [-0.2, -0.15) is 13.2 Å². The van der Waals surface area contributed by atoms with Crippen molar-refractivity contribution in [2.75, 3.05) is 0 Å². The lowest BCUT2D eigenvalue weighted by Crippen LogP contribution is -2.07. The Balaban J connectivity index is 2.10. The fourth-order valence-corrected chi connectivity index (χ4v) is 1.75. The first-order valence-corrected chi connectivity index (χ1v) is 6.05. The van der Waals surface area contributed by atoms with Crippen molar-refractivity contribution in [2.24, 2.45) is 0 Å². The van der Waals surface area contributed by atoms with E-state index in [1.54, 1.807) is 0 Å². The van der Waals surface area contributed by atoms with Crippen LogP contribution in [0.15, 0.2) is 42.6 Å². The van der Waals surface area contributed by atoms with Crippen molar-refractivity contribution in [1.82, 2.24) is 4.98 Å². The monoisotopic (exact) mass is 299 g/mol. The van der Waals surface area contributed by atoms with Crippen molar-refractivity contribution < 1.29 is 18.0 Å². The van der Waals surface area contributed by atoms with Crippen LogP contribution in [0, 0.1) is 0 Å². The molecule has 0 saturated carbocycles. The van der Waals surface area contributed by atoms with Gasteiger partial charge in [-0.15, -0.1) is 0 Å². The van der Waals surface area contributed by atoms with Gasteiger partial charge in [0.1, 0.15) is 5.15 Å². The summed E-state index contributed by atoms with van der Waals surface area (Å²) >= 11 is 5.61. The van der Waals surface area contributed by atoms with Crippen LogP contribution in [0.25, 0.3) is 0 Å². The van der Waals surface area contributed by atoms with Crippen molar-refractivity contribution in [3.8, 4) is 0 Å². The number of carbonyl (C=O) groups excluding carboxylic acids is 1. The molecule has 0 aliphatic carbocycles. The maximum atomic E-state index is 12.4. The molecule has 0 N–H and O–H groups in total. The van der Waals surface area contributed by atoms with Crippen LogP contribution in [-0.4, -0.2) is 10.8 Å². The molecule has 6 heteroatoms. The highest BCUT2D eigenvalue weighted by atomic mass is 35.5. The van der Waals surface area contributed by atoms with Crippen LogP contribution in [0.2, 0.25) is 5.15 Å². The van der Waals surface area contributed by atoms with E-state index < -0.39 is 11.7 Å². The first-order valence-electron chi connectivity index (χ1n) is 5.67. The number of hydrogen-bond acceptors (Lipinski definition) is 2. The molecule has 1 heterocycles. The summed E-state index contributed by atoms with van der Waals surface area (Å²) in [5.74, 6) is -0.228. The van der Waals surface area contributed by atoms with Gasteiger partial charge in [0, 0.05) is 18.2 Å². The zero-order chi connectivity index (χ0) is 14.8. The van der Waals surface area contributed by atoms with E-state index in [2.05, 4.69) is 4.98 Å². The Hall–Kier alpha value is -1.88.